The Kier molecular flexibility index (Phi) is 5.56. The number of methoxy groups -OCH3 is 2. The minimum atomic E-state index is 0.115. The normalized spacial score (nSPS) is 15.8. The van der Waals surface area contributed by atoms with Crippen LogP contribution in [-0.4, -0.2) is 38.5 Å². The van der Waals surface area contributed by atoms with Gasteiger partial charge >= 0.3 is 0 Å². The summed E-state index contributed by atoms with van der Waals surface area (Å²) in [5.41, 5.74) is 7.78. The first-order chi connectivity index (χ1) is 10.2. The van der Waals surface area contributed by atoms with Crippen LogP contribution in [0.1, 0.15) is 32.1 Å². The predicted octanol–water partition coefficient (Wildman–Crippen LogP) is 2.42. The number of rotatable bonds is 6. The minimum absolute atomic E-state index is 0.115. The Morgan fingerprint density at radius 1 is 1.14 bits per heavy atom. The van der Waals surface area contributed by atoms with Crippen molar-refractivity contribution in [3.8, 4) is 11.5 Å². The lowest BCUT2D eigenvalue weighted by molar-refractivity contribution is 0.290. The third kappa shape index (κ3) is 3.53. The second-order valence-electron chi connectivity index (χ2n) is 5.47. The zero-order chi connectivity index (χ0) is 15.2. The molecule has 1 aliphatic rings. The van der Waals surface area contributed by atoms with Gasteiger partial charge in [0.1, 0.15) is 0 Å². The molecule has 0 amide bonds. The van der Waals surface area contributed by atoms with Crippen LogP contribution in [0.2, 0.25) is 0 Å². The summed E-state index contributed by atoms with van der Waals surface area (Å²) < 4.78 is 10.7. The Morgan fingerprint density at radius 3 is 2.33 bits per heavy atom. The van der Waals surface area contributed by atoms with E-state index in [1.807, 2.05) is 6.07 Å². The summed E-state index contributed by atoms with van der Waals surface area (Å²) in [6, 6.07) is 4.14. The van der Waals surface area contributed by atoms with Gasteiger partial charge in [-0.05, 0) is 12.8 Å². The maximum Gasteiger partial charge on any atom is 0.162 e. The molecule has 1 aromatic carbocycles. The summed E-state index contributed by atoms with van der Waals surface area (Å²) >= 11 is 0. The molecule has 0 spiro atoms. The van der Waals surface area contributed by atoms with E-state index >= 15 is 0 Å². The van der Waals surface area contributed by atoms with Gasteiger partial charge in [-0.25, -0.2) is 0 Å². The van der Waals surface area contributed by atoms with Crippen LogP contribution < -0.4 is 20.1 Å². The molecular weight excluding hydrogens is 268 g/mol. The average Bonchev–Trinajstić information content (AvgIpc) is 2.53. The molecule has 1 fully saturated rings. The number of hydrogen-bond acceptors (Lipinski definition) is 5. The Bertz CT molecular complexity index is 459. The van der Waals surface area contributed by atoms with Crippen molar-refractivity contribution >= 4 is 11.4 Å². The Hall–Kier alpha value is -1.62. The number of nitrogens with zero attached hydrogens (tertiary/aromatic N) is 1. The number of nitrogen functional groups attached to an aromatic ring is 1. The van der Waals surface area contributed by atoms with E-state index in [1.54, 1.807) is 20.3 Å². The summed E-state index contributed by atoms with van der Waals surface area (Å²) in [5.74, 6) is 1.30. The lowest BCUT2D eigenvalue weighted by Crippen LogP contribution is -2.39. The maximum absolute atomic E-state index is 9.41. The number of ether oxygens (including phenoxy) is 2. The van der Waals surface area contributed by atoms with Gasteiger partial charge in [0.15, 0.2) is 11.5 Å². The van der Waals surface area contributed by atoms with Crippen molar-refractivity contribution in [2.75, 3.05) is 38.0 Å². The largest absolute Gasteiger partial charge is 0.493 e. The van der Waals surface area contributed by atoms with Crippen molar-refractivity contribution in [2.24, 2.45) is 0 Å². The van der Waals surface area contributed by atoms with Gasteiger partial charge in [0.05, 0.1) is 32.2 Å². The number of benzene rings is 1. The summed E-state index contributed by atoms with van der Waals surface area (Å²) in [7, 11) is 3.22. The number of nitrogens with two attached hydrogens (primary N) is 1. The summed E-state index contributed by atoms with van der Waals surface area (Å²) in [5, 5.41) is 9.41. The van der Waals surface area contributed by atoms with Gasteiger partial charge in [0, 0.05) is 24.7 Å². The maximum atomic E-state index is 9.41. The van der Waals surface area contributed by atoms with Crippen molar-refractivity contribution in [1.82, 2.24) is 0 Å². The molecule has 0 aromatic heterocycles. The van der Waals surface area contributed by atoms with Crippen molar-refractivity contribution < 1.29 is 14.6 Å². The van der Waals surface area contributed by atoms with Crippen molar-refractivity contribution in [3.05, 3.63) is 12.1 Å². The zero-order valence-electron chi connectivity index (χ0n) is 13.0. The molecule has 118 valence electrons. The second-order valence-corrected chi connectivity index (χ2v) is 5.47. The third-order valence-electron chi connectivity index (χ3n) is 4.20. The summed E-state index contributed by atoms with van der Waals surface area (Å²) in [4.78, 5) is 2.22. The van der Waals surface area contributed by atoms with Crippen LogP contribution in [0.3, 0.4) is 0 Å². The molecule has 1 aromatic rings. The molecule has 0 saturated heterocycles. The molecule has 1 saturated carbocycles. The van der Waals surface area contributed by atoms with Gasteiger partial charge in [-0.3, -0.25) is 0 Å². The highest BCUT2D eigenvalue weighted by Gasteiger charge is 2.24. The molecule has 5 heteroatoms. The van der Waals surface area contributed by atoms with Gasteiger partial charge in [-0.1, -0.05) is 19.3 Å². The molecule has 1 aliphatic carbocycles. The second kappa shape index (κ2) is 7.41. The fourth-order valence-corrected chi connectivity index (χ4v) is 3.13. The van der Waals surface area contributed by atoms with E-state index in [0.717, 1.165) is 18.5 Å². The van der Waals surface area contributed by atoms with Crippen LogP contribution in [0, 0.1) is 0 Å². The van der Waals surface area contributed by atoms with Crippen molar-refractivity contribution in [3.63, 3.8) is 0 Å². The first-order valence-corrected chi connectivity index (χ1v) is 7.60. The van der Waals surface area contributed by atoms with Crippen molar-refractivity contribution in [1.29, 1.82) is 0 Å². The van der Waals surface area contributed by atoms with Gasteiger partial charge in [-0.2, -0.15) is 0 Å². The molecule has 0 unspecified atom stereocenters. The van der Waals surface area contributed by atoms with E-state index in [4.69, 9.17) is 15.2 Å². The van der Waals surface area contributed by atoms with Crippen molar-refractivity contribution in [2.45, 2.75) is 38.1 Å². The molecular formula is C16H26N2O3. The van der Waals surface area contributed by atoms with Crippen LogP contribution in [0.4, 0.5) is 11.4 Å². The topological polar surface area (TPSA) is 68.0 Å². The first-order valence-electron chi connectivity index (χ1n) is 7.60. The fourth-order valence-electron chi connectivity index (χ4n) is 3.13. The van der Waals surface area contributed by atoms with Gasteiger partial charge in [-0.15, -0.1) is 0 Å². The third-order valence-corrected chi connectivity index (χ3v) is 4.20. The zero-order valence-corrected chi connectivity index (χ0v) is 13.0. The molecule has 2 rings (SSSR count). The predicted molar refractivity (Wildman–Crippen MR) is 85.3 cm³/mol. The fraction of sp³-hybridized carbons (Fsp3) is 0.625. The van der Waals surface area contributed by atoms with Gasteiger partial charge in [0.2, 0.25) is 0 Å². The summed E-state index contributed by atoms with van der Waals surface area (Å²) in [6.07, 6.45) is 6.06. The molecule has 3 N–H and O–H groups in total. The van der Waals surface area contributed by atoms with Crippen LogP contribution >= 0.6 is 0 Å². The number of hydrogen-bond donors (Lipinski definition) is 2. The summed E-state index contributed by atoms with van der Waals surface area (Å²) in [6.45, 7) is 0.703. The smallest absolute Gasteiger partial charge is 0.162 e. The molecule has 0 radical (unpaired) electrons. The highest BCUT2D eigenvalue weighted by molar-refractivity contribution is 5.73. The van der Waals surface area contributed by atoms with E-state index in [9.17, 15) is 5.11 Å². The number of aliphatic hydroxyl groups is 1. The quantitative estimate of drug-likeness (QED) is 0.789. The molecule has 21 heavy (non-hydrogen) atoms. The Morgan fingerprint density at radius 2 is 1.76 bits per heavy atom. The molecule has 0 heterocycles. The van der Waals surface area contributed by atoms with E-state index in [0.29, 0.717) is 29.8 Å². The van der Waals surface area contributed by atoms with E-state index in [-0.39, 0.29) is 6.61 Å². The van der Waals surface area contributed by atoms with Crippen LogP contribution in [0.5, 0.6) is 11.5 Å². The number of anilines is 2. The highest BCUT2D eigenvalue weighted by Crippen LogP contribution is 2.39. The first kappa shape index (κ1) is 15.8. The van der Waals surface area contributed by atoms with Crippen LogP contribution in [0.25, 0.3) is 0 Å². The standard InChI is InChI=1S/C16H26N2O3/c1-20-15-10-13(17)14(11-16(15)21-2)18(8-9-19)12-6-4-3-5-7-12/h10-12,19H,3-9,17H2,1-2H3. The average molecular weight is 294 g/mol. The lowest BCUT2D eigenvalue weighted by atomic mass is 9.93. The SMILES string of the molecule is COc1cc(N)c(N(CCO)C2CCCCC2)cc1OC. The Labute approximate surface area is 126 Å². The monoisotopic (exact) mass is 294 g/mol. The van der Waals surface area contributed by atoms with E-state index < -0.39 is 0 Å². The van der Waals surface area contributed by atoms with E-state index in [1.165, 1.54) is 19.3 Å². The number of aliphatic hydroxyl groups excluding tert-OH is 1. The highest BCUT2D eigenvalue weighted by atomic mass is 16.5. The molecule has 5 nitrogen and oxygen atoms in total. The van der Waals surface area contributed by atoms with Gasteiger partial charge in [0.25, 0.3) is 0 Å². The minimum Gasteiger partial charge on any atom is -0.493 e. The lowest BCUT2D eigenvalue weighted by Gasteiger charge is -2.36. The molecule has 0 aliphatic heterocycles. The van der Waals surface area contributed by atoms with Crippen LogP contribution in [0.15, 0.2) is 12.1 Å². The van der Waals surface area contributed by atoms with Crippen LogP contribution in [-0.2, 0) is 0 Å². The van der Waals surface area contributed by atoms with Gasteiger partial charge < -0.3 is 25.2 Å². The molecule has 0 bridgehead atoms. The van der Waals surface area contributed by atoms with E-state index in [2.05, 4.69) is 4.90 Å². The molecule has 0 atom stereocenters. The Balaban J connectivity index is 2.34.